The van der Waals surface area contributed by atoms with Gasteiger partial charge in [0.25, 0.3) is 5.91 Å². The number of amides is 1. The van der Waals surface area contributed by atoms with Gasteiger partial charge in [0.15, 0.2) is 0 Å². The van der Waals surface area contributed by atoms with Crippen LogP contribution in [0.2, 0.25) is 0 Å². The quantitative estimate of drug-likeness (QED) is 0.737. The van der Waals surface area contributed by atoms with E-state index < -0.39 is 0 Å². The van der Waals surface area contributed by atoms with Gasteiger partial charge in [-0.15, -0.1) is 0 Å². The molecule has 1 fully saturated rings. The lowest BCUT2D eigenvalue weighted by Gasteiger charge is -2.29. The number of piperidine rings is 1. The van der Waals surface area contributed by atoms with Crippen molar-refractivity contribution in [3.63, 3.8) is 0 Å². The van der Waals surface area contributed by atoms with Gasteiger partial charge in [0.2, 0.25) is 0 Å². The number of hydrogen-bond donors (Lipinski definition) is 0. The Morgan fingerprint density at radius 2 is 1.90 bits per heavy atom. The Hall–Kier alpha value is -2.66. The van der Waals surface area contributed by atoms with Crippen molar-refractivity contribution in [1.82, 2.24) is 9.91 Å². The minimum atomic E-state index is -0.0663. The normalized spacial score (nSPS) is 19.6. The molecule has 5 nitrogen and oxygen atoms in total. The zero-order chi connectivity index (χ0) is 21.1. The monoisotopic (exact) mass is 405 g/mol. The largest absolute Gasteiger partial charge is 0.497 e. The minimum absolute atomic E-state index is 0.0663. The summed E-state index contributed by atoms with van der Waals surface area (Å²) in [6.45, 7) is 6.66. The molecule has 158 valence electrons. The van der Waals surface area contributed by atoms with Gasteiger partial charge in [-0.25, -0.2) is 5.01 Å². The first kappa shape index (κ1) is 20.6. The number of hydrogen-bond acceptors (Lipinski definition) is 4. The van der Waals surface area contributed by atoms with Crippen molar-refractivity contribution in [1.29, 1.82) is 0 Å². The van der Waals surface area contributed by atoms with Gasteiger partial charge < -0.3 is 4.74 Å². The summed E-state index contributed by atoms with van der Waals surface area (Å²) in [4.78, 5) is 15.6. The molecule has 2 aromatic carbocycles. The van der Waals surface area contributed by atoms with Crippen LogP contribution in [-0.4, -0.2) is 48.3 Å². The smallest absolute Gasteiger partial charge is 0.257 e. The summed E-state index contributed by atoms with van der Waals surface area (Å²) in [5.74, 6) is 0.886. The van der Waals surface area contributed by atoms with Crippen molar-refractivity contribution < 1.29 is 9.53 Å². The van der Waals surface area contributed by atoms with Crippen LogP contribution in [0.3, 0.4) is 0 Å². The summed E-state index contributed by atoms with van der Waals surface area (Å²) in [7, 11) is 1.67. The molecule has 4 rings (SSSR count). The average molecular weight is 406 g/mol. The summed E-state index contributed by atoms with van der Waals surface area (Å²) in [6.07, 6.45) is 4.32. The van der Waals surface area contributed by atoms with Crippen LogP contribution in [0.15, 0.2) is 47.6 Å². The van der Waals surface area contributed by atoms with Crippen LogP contribution in [-0.2, 0) is 4.79 Å². The van der Waals surface area contributed by atoms with Gasteiger partial charge in [-0.05, 0) is 63.0 Å². The molecular formula is C25H31N3O2. The van der Waals surface area contributed by atoms with Gasteiger partial charge in [-0.3, -0.25) is 9.69 Å². The fourth-order valence-electron chi connectivity index (χ4n) is 4.46. The number of carbonyl (C=O) groups is 1. The van der Waals surface area contributed by atoms with Crippen molar-refractivity contribution >= 4 is 11.6 Å². The van der Waals surface area contributed by atoms with Crippen LogP contribution >= 0.6 is 0 Å². The van der Waals surface area contributed by atoms with E-state index in [2.05, 4.69) is 36.9 Å². The Morgan fingerprint density at radius 1 is 1.10 bits per heavy atom. The number of ether oxygens (including phenoxy) is 1. The van der Waals surface area contributed by atoms with Crippen LogP contribution in [0.4, 0.5) is 0 Å². The molecule has 1 saturated heterocycles. The van der Waals surface area contributed by atoms with Crippen molar-refractivity contribution in [2.24, 2.45) is 5.10 Å². The molecule has 2 aliphatic heterocycles. The van der Waals surface area contributed by atoms with Crippen LogP contribution in [0, 0.1) is 13.8 Å². The van der Waals surface area contributed by atoms with E-state index in [0.29, 0.717) is 13.0 Å². The Balaban J connectivity index is 1.65. The molecule has 2 heterocycles. The van der Waals surface area contributed by atoms with Gasteiger partial charge in [0.1, 0.15) is 5.75 Å². The van der Waals surface area contributed by atoms with E-state index in [0.717, 1.165) is 30.1 Å². The molecule has 1 unspecified atom stereocenters. The summed E-state index contributed by atoms with van der Waals surface area (Å²) in [6, 6.07) is 14.3. The number of methoxy groups -OCH3 is 1. The van der Waals surface area contributed by atoms with Crippen LogP contribution in [0.5, 0.6) is 5.75 Å². The Labute approximate surface area is 179 Å². The molecule has 0 radical (unpaired) electrons. The second-order valence-electron chi connectivity index (χ2n) is 8.43. The number of hydrazone groups is 1. The van der Waals surface area contributed by atoms with Crippen LogP contribution < -0.4 is 4.74 Å². The summed E-state index contributed by atoms with van der Waals surface area (Å²) in [5, 5.41) is 6.59. The molecule has 0 N–H and O–H groups in total. The van der Waals surface area contributed by atoms with E-state index in [-0.39, 0.29) is 11.9 Å². The van der Waals surface area contributed by atoms with Crippen molar-refractivity contribution in [2.75, 3.05) is 26.7 Å². The molecule has 30 heavy (non-hydrogen) atoms. The molecule has 0 aliphatic carbocycles. The van der Waals surface area contributed by atoms with Crippen LogP contribution in [0.1, 0.15) is 54.0 Å². The first-order valence-electron chi connectivity index (χ1n) is 10.9. The molecular weight excluding hydrogens is 374 g/mol. The molecule has 1 amide bonds. The van der Waals surface area contributed by atoms with E-state index in [1.165, 1.54) is 36.0 Å². The van der Waals surface area contributed by atoms with Gasteiger partial charge in [0.05, 0.1) is 25.4 Å². The minimum Gasteiger partial charge on any atom is -0.497 e. The zero-order valence-electron chi connectivity index (χ0n) is 18.2. The van der Waals surface area contributed by atoms with Crippen LogP contribution in [0.25, 0.3) is 0 Å². The highest BCUT2D eigenvalue weighted by Gasteiger charge is 2.34. The lowest BCUT2D eigenvalue weighted by Crippen LogP contribution is -2.40. The second-order valence-corrected chi connectivity index (χ2v) is 8.43. The summed E-state index contributed by atoms with van der Waals surface area (Å²) < 4.78 is 5.39. The molecule has 1 atom stereocenters. The second kappa shape index (κ2) is 9.00. The molecule has 0 bridgehead atoms. The first-order chi connectivity index (χ1) is 14.5. The first-order valence-corrected chi connectivity index (χ1v) is 10.9. The standard InChI is InChI=1S/C25H31N3O2/c1-18-10-11-19(2)22(14-18)24-16-23(20-8-7-9-21(15-20)30-3)26-28(24)25(29)17-27-12-5-4-6-13-27/h7-11,14-15,24H,4-6,12-13,16-17H2,1-3H3. The maximum absolute atomic E-state index is 13.3. The van der Waals surface area contributed by atoms with E-state index in [9.17, 15) is 4.79 Å². The molecule has 0 aromatic heterocycles. The molecule has 0 spiro atoms. The molecule has 2 aromatic rings. The lowest BCUT2D eigenvalue weighted by atomic mass is 9.94. The maximum Gasteiger partial charge on any atom is 0.257 e. The molecule has 2 aliphatic rings. The summed E-state index contributed by atoms with van der Waals surface area (Å²) >= 11 is 0. The fourth-order valence-corrected chi connectivity index (χ4v) is 4.46. The number of rotatable bonds is 5. The van der Waals surface area contributed by atoms with E-state index >= 15 is 0 Å². The van der Waals surface area contributed by atoms with E-state index in [4.69, 9.17) is 9.84 Å². The SMILES string of the molecule is COc1cccc(C2=NN(C(=O)CN3CCCCC3)C(c3cc(C)ccc3C)C2)c1. The van der Waals surface area contributed by atoms with Crippen molar-refractivity contribution in [2.45, 2.75) is 45.6 Å². The predicted molar refractivity (Wildman–Crippen MR) is 120 cm³/mol. The van der Waals surface area contributed by atoms with Gasteiger partial charge in [-0.1, -0.05) is 42.3 Å². The van der Waals surface area contributed by atoms with Gasteiger partial charge >= 0.3 is 0 Å². The predicted octanol–water partition coefficient (Wildman–Crippen LogP) is 4.48. The van der Waals surface area contributed by atoms with Gasteiger partial charge in [0, 0.05) is 12.0 Å². The van der Waals surface area contributed by atoms with Gasteiger partial charge in [-0.2, -0.15) is 5.10 Å². The topological polar surface area (TPSA) is 45.1 Å². The number of aryl methyl sites for hydroxylation is 2. The molecule has 0 saturated carbocycles. The number of carbonyl (C=O) groups excluding carboxylic acids is 1. The summed E-state index contributed by atoms with van der Waals surface area (Å²) in [5.41, 5.74) is 5.53. The highest BCUT2D eigenvalue weighted by atomic mass is 16.5. The fraction of sp³-hybridized carbons (Fsp3) is 0.440. The number of nitrogens with zero attached hydrogens (tertiary/aromatic N) is 3. The third kappa shape index (κ3) is 4.41. The Bertz CT molecular complexity index is 947. The lowest BCUT2D eigenvalue weighted by molar-refractivity contribution is -0.134. The van der Waals surface area contributed by atoms with E-state index in [1.54, 1.807) is 12.1 Å². The highest BCUT2D eigenvalue weighted by molar-refractivity contribution is 6.03. The Morgan fingerprint density at radius 3 is 2.67 bits per heavy atom. The van der Waals surface area contributed by atoms with E-state index in [1.807, 2.05) is 24.3 Å². The maximum atomic E-state index is 13.3. The third-order valence-electron chi connectivity index (χ3n) is 6.17. The number of likely N-dealkylation sites (tertiary alicyclic amines) is 1. The average Bonchev–Trinajstić information content (AvgIpc) is 3.22. The third-order valence-corrected chi connectivity index (χ3v) is 6.17. The number of benzene rings is 2. The highest BCUT2D eigenvalue weighted by Crippen LogP contribution is 2.35. The Kier molecular flexibility index (Phi) is 6.18. The van der Waals surface area contributed by atoms with Crippen molar-refractivity contribution in [3.05, 3.63) is 64.7 Å². The van der Waals surface area contributed by atoms with Crippen molar-refractivity contribution in [3.8, 4) is 5.75 Å². The zero-order valence-corrected chi connectivity index (χ0v) is 18.2. The molecule has 5 heteroatoms.